The van der Waals surface area contributed by atoms with E-state index in [1.54, 1.807) is 47.4 Å². The normalized spacial score (nSPS) is 19.6. The van der Waals surface area contributed by atoms with Gasteiger partial charge in [0.1, 0.15) is 6.61 Å². The van der Waals surface area contributed by atoms with Gasteiger partial charge in [0.25, 0.3) is 5.91 Å². The summed E-state index contributed by atoms with van der Waals surface area (Å²) in [5, 5.41) is 11.2. The van der Waals surface area contributed by atoms with Gasteiger partial charge in [-0.05, 0) is 40.1 Å². The molecule has 1 saturated heterocycles. The zero-order valence-corrected chi connectivity index (χ0v) is 16.3. The largest absolute Gasteiger partial charge is 0.356 e. The minimum atomic E-state index is -0.816. The van der Waals surface area contributed by atoms with Crippen molar-refractivity contribution in [3.63, 3.8) is 0 Å². The van der Waals surface area contributed by atoms with E-state index in [0.29, 0.717) is 5.69 Å². The van der Waals surface area contributed by atoms with Gasteiger partial charge in [-0.2, -0.15) is 16.4 Å². The first-order chi connectivity index (χ1) is 13.5. The number of benzene rings is 1. The van der Waals surface area contributed by atoms with Gasteiger partial charge < -0.3 is 15.0 Å². The Bertz CT molecular complexity index is 981. The van der Waals surface area contributed by atoms with Crippen LogP contribution >= 0.6 is 11.3 Å². The summed E-state index contributed by atoms with van der Waals surface area (Å²) in [5.41, 5.74) is 3.67. The molecule has 2 amide bonds. The smallest absolute Gasteiger partial charge is 0.256 e. The van der Waals surface area contributed by atoms with E-state index in [9.17, 15) is 9.59 Å². The number of ether oxygens (including phenoxy) is 1. The van der Waals surface area contributed by atoms with Crippen LogP contribution < -0.4 is 5.32 Å². The Morgan fingerprint density at radius 3 is 2.64 bits per heavy atom. The number of anilines is 1. The van der Waals surface area contributed by atoms with Gasteiger partial charge in [0.15, 0.2) is 6.10 Å². The Morgan fingerprint density at radius 2 is 2.00 bits per heavy atom. The van der Waals surface area contributed by atoms with Crippen LogP contribution in [-0.4, -0.2) is 46.3 Å². The molecule has 3 heterocycles. The predicted molar refractivity (Wildman–Crippen MR) is 107 cm³/mol. The summed E-state index contributed by atoms with van der Waals surface area (Å²) in [6.45, 7) is -0.123. The van der Waals surface area contributed by atoms with E-state index in [-0.39, 0.29) is 18.4 Å². The van der Waals surface area contributed by atoms with Crippen molar-refractivity contribution >= 4 is 28.8 Å². The highest BCUT2D eigenvalue weighted by molar-refractivity contribution is 7.08. The quantitative estimate of drug-likeness (QED) is 0.736. The van der Waals surface area contributed by atoms with E-state index in [0.717, 1.165) is 16.7 Å². The molecule has 0 aliphatic carbocycles. The lowest BCUT2D eigenvalue weighted by atomic mass is 10.0. The van der Waals surface area contributed by atoms with E-state index >= 15 is 0 Å². The Balaban J connectivity index is 1.53. The number of thiophene rings is 1. The zero-order valence-electron chi connectivity index (χ0n) is 15.5. The molecular weight excluding hydrogens is 376 g/mol. The van der Waals surface area contributed by atoms with Crippen LogP contribution in [0, 0.1) is 0 Å². The van der Waals surface area contributed by atoms with Gasteiger partial charge in [0, 0.05) is 31.5 Å². The third kappa shape index (κ3) is 3.56. The molecule has 0 spiro atoms. The van der Waals surface area contributed by atoms with Gasteiger partial charge >= 0.3 is 0 Å². The fraction of sp³-hybridized carbons (Fsp3) is 0.250. The molecule has 2 atom stereocenters. The molecule has 7 nitrogen and oxygen atoms in total. The number of nitrogens with one attached hydrogen (secondary N) is 1. The number of aromatic nitrogens is 2. The molecule has 2 aromatic heterocycles. The maximum absolute atomic E-state index is 12.9. The number of morpholine rings is 1. The standard InChI is InChI=1S/C20H20N4O3S/c1-23-10-15(9-21-23)18-19(27-11-17(25)24(18)2)20(26)22-16-5-3-13(4-6-16)14-7-8-28-12-14/h3-10,12,18-19H,11H2,1-2H3,(H,22,26)/t18-,19+/m0/s1. The average molecular weight is 396 g/mol. The molecule has 28 heavy (non-hydrogen) atoms. The van der Waals surface area contributed by atoms with Crippen LogP contribution in [0.4, 0.5) is 5.69 Å². The Kier molecular flexibility index (Phi) is 4.97. The fourth-order valence-electron chi connectivity index (χ4n) is 3.31. The van der Waals surface area contributed by atoms with Crippen molar-refractivity contribution in [2.75, 3.05) is 19.0 Å². The van der Waals surface area contributed by atoms with Crippen LogP contribution in [0.2, 0.25) is 0 Å². The van der Waals surface area contributed by atoms with E-state index in [4.69, 9.17) is 4.74 Å². The van der Waals surface area contributed by atoms with Crippen LogP contribution in [0.1, 0.15) is 11.6 Å². The fourth-order valence-corrected chi connectivity index (χ4v) is 3.98. The topological polar surface area (TPSA) is 76.5 Å². The number of likely N-dealkylation sites (N-methyl/N-ethyl adjacent to an activating group) is 1. The number of carbonyl (C=O) groups excluding carboxylic acids is 2. The number of amides is 2. The number of aryl methyl sites for hydroxylation is 1. The predicted octanol–water partition coefficient (Wildman–Crippen LogP) is 2.69. The molecule has 1 N–H and O–H groups in total. The maximum atomic E-state index is 12.9. The molecule has 4 rings (SSSR count). The summed E-state index contributed by atoms with van der Waals surface area (Å²) in [6, 6.07) is 9.18. The highest BCUT2D eigenvalue weighted by atomic mass is 32.1. The monoisotopic (exact) mass is 396 g/mol. The molecular formula is C20H20N4O3S. The van der Waals surface area contributed by atoms with Gasteiger partial charge in [-0.15, -0.1) is 0 Å². The van der Waals surface area contributed by atoms with Crippen LogP contribution in [0.5, 0.6) is 0 Å². The average Bonchev–Trinajstić information content (AvgIpc) is 3.36. The van der Waals surface area contributed by atoms with Crippen molar-refractivity contribution in [2.45, 2.75) is 12.1 Å². The molecule has 1 aromatic carbocycles. The summed E-state index contributed by atoms with van der Waals surface area (Å²) in [4.78, 5) is 26.6. The Hall–Kier alpha value is -2.97. The Morgan fingerprint density at radius 1 is 1.21 bits per heavy atom. The first-order valence-corrected chi connectivity index (χ1v) is 9.76. The lowest BCUT2D eigenvalue weighted by Gasteiger charge is -2.37. The minimum Gasteiger partial charge on any atom is -0.356 e. The van der Waals surface area contributed by atoms with Gasteiger partial charge in [0.05, 0.1) is 12.2 Å². The highest BCUT2D eigenvalue weighted by Gasteiger charge is 2.40. The second-order valence-corrected chi connectivity index (χ2v) is 7.49. The van der Waals surface area contributed by atoms with E-state index in [2.05, 4.69) is 21.9 Å². The number of hydrogen-bond acceptors (Lipinski definition) is 5. The minimum absolute atomic E-state index is 0.123. The first kappa shape index (κ1) is 18.4. The van der Waals surface area contributed by atoms with Gasteiger partial charge in [0.2, 0.25) is 5.91 Å². The summed E-state index contributed by atoms with van der Waals surface area (Å²) < 4.78 is 7.25. The van der Waals surface area contributed by atoms with Gasteiger partial charge in [-0.3, -0.25) is 14.3 Å². The van der Waals surface area contributed by atoms with Crippen LogP contribution in [0.25, 0.3) is 11.1 Å². The first-order valence-electron chi connectivity index (χ1n) is 8.82. The molecule has 144 valence electrons. The van der Waals surface area contributed by atoms with Crippen LogP contribution in [-0.2, 0) is 21.4 Å². The molecule has 8 heteroatoms. The summed E-state index contributed by atoms with van der Waals surface area (Å²) in [6.07, 6.45) is 2.63. The third-order valence-corrected chi connectivity index (χ3v) is 5.50. The number of rotatable bonds is 4. The van der Waals surface area contributed by atoms with Crippen molar-refractivity contribution in [3.05, 3.63) is 59.0 Å². The third-order valence-electron chi connectivity index (χ3n) is 4.82. The molecule has 1 aliphatic rings. The second kappa shape index (κ2) is 7.57. The van der Waals surface area contributed by atoms with E-state index < -0.39 is 12.1 Å². The van der Waals surface area contributed by atoms with E-state index in [1.165, 1.54) is 0 Å². The van der Waals surface area contributed by atoms with Crippen LogP contribution in [0.3, 0.4) is 0 Å². The second-order valence-electron chi connectivity index (χ2n) is 6.71. The number of hydrogen-bond donors (Lipinski definition) is 1. The maximum Gasteiger partial charge on any atom is 0.256 e. The molecule has 1 aliphatic heterocycles. The van der Waals surface area contributed by atoms with Crippen molar-refractivity contribution < 1.29 is 14.3 Å². The van der Waals surface area contributed by atoms with Crippen molar-refractivity contribution in [1.29, 1.82) is 0 Å². The summed E-state index contributed by atoms with van der Waals surface area (Å²) in [5.74, 6) is -0.463. The van der Waals surface area contributed by atoms with Crippen LogP contribution in [0.15, 0.2) is 53.5 Å². The lowest BCUT2D eigenvalue weighted by Crippen LogP contribution is -2.51. The van der Waals surface area contributed by atoms with Crippen molar-refractivity contribution in [1.82, 2.24) is 14.7 Å². The number of nitrogens with zero attached hydrogens (tertiary/aromatic N) is 3. The molecule has 0 radical (unpaired) electrons. The molecule has 0 bridgehead atoms. The Labute approximate surface area is 166 Å². The zero-order chi connectivity index (χ0) is 19.7. The molecule has 0 saturated carbocycles. The lowest BCUT2D eigenvalue weighted by molar-refractivity contribution is -0.160. The van der Waals surface area contributed by atoms with E-state index in [1.807, 2.05) is 29.6 Å². The summed E-state index contributed by atoms with van der Waals surface area (Å²) >= 11 is 1.64. The van der Waals surface area contributed by atoms with Gasteiger partial charge in [-0.25, -0.2) is 0 Å². The molecule has 0 unspecified atom stereocenters. The molecule has 1 fully saturated rings. The SMILES string of the molecule is CN1C(=O)CO[C@@H](C(=O)Nc2ccc(-c3ccsc3)cc2)[C@@H]1c1cnn(C)c1. The molecule has 3 aromatic rings. The van der Waals surface area contributed by atoms with Crippen molar-refractivity contribution in [3.8, 4) is 11.1 Å². The highest BCUT2D eigenvalue weighted by Crippen LogP contribution is 2.30. The summed E-state index contributed by atoms with van der Waals surface area (Å²) in [7, 11) is 3.47. The van der Waals surface area contributed by atoms with Crippen molar-refractivity contribution in [2.24, 2.45) is 7.05 Å². The van der Waals surface area contributed by atoms with Gasteiger partial charge in [-0.1, -0.05) is 12.1 Å². The number of carbonyl (C=O) groups is 2.